The first-order valence-electron chi connectivity index (χ1n) is 5.56. The Hall–Kier alpha value is -1.26. The molecule has 1 aliphatic rings. The van der Waals surface area contributed by atoms with Crippen LogP contribution in [0.5, 0.6) is 0 Å². The molecule has 1 unspecified atom stereocenters. The number of rotatable bonds is 3. The first-order chi connectivity index (χ1) is 8.66. The molecule has 1 fully saturated rings. The Morgan fingerprint density at radius 1 is 1.44 bits per heavy atom. The Kier molecular flexibility index (Phi) is 4.44. The van der Waals surface area contributed by atoms with Gasteiger partial charge in [-0.05, 0) is 24.1 Å². The number of thioether (sulfide) groups is 1. The van der Waals surface area contributed by atoms with Crippen molar-refractivity contribution >= 4 is 40.5 Å². The summed E-state index contributed by atoms with van der Waals surface area (Å²) in [7, 11) is 0. The molecule has 3 nitrogen and oxygen atoms in total. The molecular formula is C13H12ClNO2S. The van der Waals surface area contributed by atoms with E-state index < -0.39 is 0 Å². The van der Waals surface area contributed by atoms with Crippen LogP contribution in [0.15, 0.2) is 30.3 Å². The average molecular weight is 282 g/mol. The molecular weight excluding hydrogens is 270 g/mol. The minimum Gasteiger partial charge on any atom is -0.342 e. The Balaban J connectivity index is 1.95. The number of nitrogens with one attached hydrogen (secondary N) is 1. The molecule has 2 rings (SSSR count). The number of carbonyl (C=O) groups excluding carboxylic acids is 2. The monoisotopic (exact) mass is 281 g/mol. The summed E-state index contributed by atoms with van der Waals surface area (Å²) in [6, 6.07) is 6.91. The van der Waals surface area contributed by atoms with E-state index in [1.54, 1.807) is 12.1 Å². The van der Waals surface area contributed by atoms with Gasteiger partial charge in [0.1, 0.15) is 0 Å². The van der Waals surface area contributed by atoms with Gasteiger partial charge in [-0.2, -0.15) is 0 Å². The summed E-state index contributed by atoms with van der Waals surface area (Å²) in [5.41, 5.74) is 0.779. The van der Waals surface area contributed by atoms with Gasteiger partial charge in [-0.15, -0.1) is 0 Å². The first-order valence-corrected chi connectivity index (χ1v) is 6.93. The second-order valence-corrected chi connectivity index (χ2v) is 5.38. The number of carbonyl (C=O) groups is 2. The van der Waals surface area contributed by atoms with Crippen molar-refractivity contribution in [1.29, 1.82) is 0 Å². The van der Waals surface area contributed by atoms with Gasteiger partial charge in [-0.1, -0.05) is 41.6 Å². The summed E-state index contributed by atoms with van der Waals surface area (Å²) in [6.45, 7) is 0. The Bertz CT molecular complexity index is 502. The third-order valence-corrected chi connectivity index (χ3v) is 3.92. The topological polar surface area (TPSA) is 46.2 Å². The highest BCUT2D eigenvalue weighted by Gasteiger charge is 2.25. The molecule has 1 saturated heterocycles. The van der Waals surface area contributed by atoms with Gasteiger partial charge in [0, 0.05) is 16.9 Å². The van der Waals surface area contributed by atoms with E-state index in [9.17, 15) is 9.59 Å². The van der Waals surface area contributed by atoms with E-state index in [4.69, 9.17) is 11.6 Å². The van der Waals surface area contributed by atoms with Crippen LogP contribution in [0, 0.1) is 0 Å². The number of benzene rings is 1. The van der Waals surface area contributed by atoms with Gasteiger partial charge in [0.2, 0.25) is 11.0 Å². The summed E-state index contributed by atoms with van der Waals surface area (Å²) in [5, 5.41) is 3.31. The molecule has 1 aromatic carbocycles. The van der Waals surface area contributed by atoms with E-state index in [2.05, 4.69) is 5.32 Å². The lowest BCUT2D eigenvalue weighted by Gasteiger charge is -2.07. The predicted molar refractivity (Wildman–Crippen MR) is 74.5 cm³/mol. The van der Waals surface area contributed by atoms with Crippen molar-refractivity contribution in [3.05, 3.63) is 40.9 Å². The highest BCUT2D eigenvalue weighted by molar-refractivity contribution is 8.14. The molecule has 0 aliphatic carbocycles. The number of hydrogen-bond acceptors (Lipinski definition) is 3. The highest BCUT2D eigenvalue weighted by atomic mass is 35.5. The quantitative estimate of drug-likeness (QED) is 0.866. The third kappa shape index (κ3) is 3.37. The standard InChI is InChI=1S/C13H12ClNO2S/c14-10-4-2-1-3-9(10)5-6-12(16)15-11-7-8-18-13(11)17/h1-6,11H,7-8H2,(H,15,16)/b6-5+. The smallest absolute Gasteiger partial charge is 0.244 e. The molecule has 1 heterocycles. The van der Waals surface area contributed by atoms with E-state index >= 15 is 0 Å². The molecule has 1 aromatic rings. The van der Waals surface area contributed by atoms with Crippen LogP contribution < -0.4 is 5.32 Å². The van der Waals surface area contributed by atoms with E-state index in [-0.39, 0.29) is 17.1 Å². The minimum absolute atomic E-state index is 0.0366. The van der Waals surface area contributed by atoms with Crippen LogP contribution in [-0.2, 0) is 9.59 Å². The van der Waals surface area contributed by atoms with Gasteiger partial charge in [0.15, 0.2) is 0 Å². The fourth-order valence-corrected chi connectivity index (χ4v) is 2.75. The van der Waals surface area contributed by atoms with Gasteiger partial charge in [0.05, 0.1) is 6.04 Å². The summed E-state index contributed by atoms with van der Waals surface area (Å²) >= 11 is 7.23. The molecule has 1 aliphatic heterocycles. The Morgan fingerprint density at radius 3 is 2.89 bits per heavy atom. The number of hydrogen-bond donors (Lipinski definition) is 1. The Labute approximate surface area is 115 Å². The van der Waals surface area contributed by atoms with Crippen LogP contribution in [0.1, 0.15) is 12.0 Å². The fourth-order valence-electron chi connectivity index (χ4n) is 1.62. The van der Waals surface area contributed by atoms with Gasteiger partial charge in [0.25, 0.3) is 0 Å². The molecule has 18 heavy (non-hydrogen) atoms. The van der Waals surface area contributed by atoms with E-state index in [0.29, 0.717) is 11.4 Å². The van der Waals surface area contributed by atoms with Gasteiger partial charge < -0.3 is 5.32 Å². The van der Waals surface area contributed by atoms with Crippen molar-refractivity contribution < 1.29 is 9.59 Å². The fraction of sp³-hybridized carbons (Fsp3) is 0.231. The van der Waals surface area contributed by atoms with Crippen molar-refractivity contribution in [2.24, 2.45) is 0 Å². The summed E-state index contributed by atoms with van der Waals surface area (Å²) in [4.78, 5) is 23.0. The SMILES string of the molecule is O=C(/C=C/c1ccccc1Cl)NC1CCSC1=O. The van der Waals surface area contributed by atoms with Gasteiger partial charge in [-0.25, -0.2) is 0 Å². The lowest BCUT2D eigenvalue weighted by Crippen LogP contribution is -2.35. The molecule has 0 bridgehead atoms. The summed E-state index contributed by atoms with van der Waals surface area (Å²) < 4.78 is 0. The summed E-state index contributed by atoms with van der Waals surface area (Å²) in [5.74, 6) is 0.508. The molecule has 0 spiro atoms. The van der Waals surface area contributed by atoms with Crippen molar-refractivity contribution in [3.8, 4) is 0 Å². The van der Waals surface area contributed by atoms with Gasteiger partial charge >= 0.3 is 0 Å². The van der Waals surface area contributed by atoms with Crippen molar-refractivity contribution in [2.75, 3.05) is 5.75 Å². The minimum atomic E-state index is -0.349. The molecule has 94 valence electrons. The molecule has 0 aromatic heterocycles. The number of amides is 1. The normalized spacial score (nSPS) is 19.4. The maximum atomic E-state index is 11.6. The van der Waals surface area contributed by atoms with Crippen molar-refractivity contribution in [2.45, 2.75) is 12.5 Å². The molecule has 1 amide bonds. The second-order valence-electron chi connectivity index (χ2n) is 3.87. The molecule has 5 heteroatoms. The molecule has 0 radical (unpaired) electrons. The van der Waals surface area contributed by atoms with Crippen LogP contribution in [0.2, 0.25) is 5.02 Å². The largest absolute Gasteiger partial charge is 0.342 e. The lowest BCUT2D eigenvalue weighted by molar-refractivity contribution is -0.120. The molecule has 0 saturated carbocycles. The zero-order valence-electron chi connectivity index (χ0n) is 9.56. The lowest BCUT2D eigenvalue weighted by atomic mass is 10.2. The zero-order valence-corrected chi connectivity index (χ0v) is 11.1. The number of halogens is 1. The first kappa shape index (κ1) is 13.2. The van der Waals surface area contributed by atoms with Crippen LogP contribution in [0.25, 0.3) is 6.08 Å². The predicted octanol–water partition coefficient (Wildman–Crippen LogP) is 2.50. The highest BCUT2D eigenvalue weighted by Crippen LogP contribution is 2.19. The van der Waals surface area contributed by atoms with E-state index in [1.165, 1.54) is 17.8 Å². The van der Waals surface area contributed by atoms with Crippen molar-refractivity contribution in [3.63, 3.8) is 0 Å². The van der Waals surface area contributed by atoms with Crippen LogP contribution in [0.4, 0.5) is 0 Å². The van der Waals surface area contributed by atoms with Gasteiger partial charge in [-0.3, -0.25) is 9.59 Å². The third-order valence-electron chi connectivity index (χ3n) is 2.57. The maximum absolute atomic E-state index is 11.6. The van der Waals surface area contributed by atoms with E-state index in [0.717, 1.165) is 11.3 Å². The zero-order chi connectivity index (χ0) is 13.0. The van der Waals surface area contributed by atoms with Crippen LogP contribution in [-0.4, -0.2) is 22.8 Å². The van der Waals surface area contributed by atoms with Crippen LogP contribution >= 0.6 is 23.4 Å². The molecule has 1 atom stereocenters. The van der Waals surface area contributed by atoms with Crippen molar-refractivity contribution in [1.82, 2.24) is 5.32 Å². The maximum Gasteiger partial charge on any atom is 0.244 e. The second kappa shape index (κ2) is 6.07. The molecule has 1 N–H and O–H groups in total. The summed E-state index contributed by atoms with van der Waals surface area (Å²) in [6.07, 6.45) is 3.75. The Morgan fingerprint density at radius 2 is 2.22 bits per heavy atom. The van der Waals surface area contributed by atoms with E-state index in [1.807, 2.05) is 18.2 Å². The van der Waals surface area contributed by atoms with Crippen LogP contribution in [0.3, 0.4) is 0 Å². The average Bonchev–Trinajstić information content (AvgIpc) is 2.74.